The third-order valence-corrected chi connectivity index (χ3v) is 6.70. The van der Waals surface area contributed by atoms with Crippen LogP contribution in [0.5, 0.6) is 17.2 Å². The molecule has 3 aromatic rings. The third kappa shape index (κ3) is 3.86. The summed E-state index contributed by atoms with van der Waals surface area (Å²) in [6, 6.07) is 11.5. The lowest BCUT2D eigenvalue weighted by molar-refractivity contribution is -0.122. The predicted octanol–water partition coefficient (Wildman–Crippen LogP) is 5.27. The average Bonchev–Trinajstić information content (AvgIpc) is 3.45. The Hall–Kier alpha value is -2.91. The molecule has 2 aliphatic heterocycles. The predicted molar refractivity (Wildman–Crippen MR) is 126 cm³/mol. The van der Waals surface area contributed by atoms with Gasteiger partial charge < -0.3 is 18.8 Å². The summed E-state index contributed by atoms with van der Waals surface area (Å²) in [7, 11) is 0. The first-order chi connectivity index (χ1) is 15.5. The zero-order valence-electron chi connectivity index (χ0n) is 17.2. The zero-order valence-corrected chi connectivity index (χ0v) is 19.6. The molecule has 2 aliphatic rings. The Labute approximate surface area is 197 Å². The maximum Gasteiger partial charge on any atom is 0.293 e. The monoisotopic (exact) mass is 514 g/mol. The first kappa shape index (κ1) is 21.0. The minimum atomic E-state index is -0.246. The van der Waals surface area contributed by atoms with Crippen LogP contribution in [-0.2, 0) is 11.3 Å². The van der Waals surface area contributed by atoms with Crippen LogP contribution in [0.3, 0.4) is 0 Å². The molecule has 0 spiro atoms. The molecule has 1 aromatic heterocycles. The van der Waals surface area contributed by atoms with E-state index in [4.69, 9.17) is 14.2 Å². The second-order valence-corrected chi connectivity index (χ2v) is 9.14. The third-order valence-electron chi connectivity index (χ3n) is 5.30. The molecule has 5 rings (SSSR count). The van der Waals surface area contributed by atoms with Crippen molar-refractivity contribution in [2.75, 3.05) is 19.9 Å². The van der Waals surface area contributed by atoms with E-state index in [1.807, 2.05) is 42.6 Å². The smallest absolute Gasteiger partial charge is 0.293 e. The fourth-order valence-electron chi connectivity index (χ4n) is 3.74. The van der Waals surface area contributed by atoms with E-state index in [0.29, 0.717) is 36.1 Å². The molecular formula is C23H19BrN2O5S. The number of hydrogen-bond acceptors (Lipinski definition) is 6. The SMILES string of the molecule is CCN1C(=O)S/C(=C\c2cn(CCOc3ccc4c(c3)OCO4)c3ccc(Br)cc23)C1=O. The Bertz CT molecular complexity index is 1270. The molecule has 0 atom stereocenters. The highest BCUT2D eigenvalue weighted by Gasteiger charge is 2.33. The van der Waals surface area contributed by atoms with Crippen molar-refractivity contribution < 1.29 is 23.8 Å². The van der Waals surface area contributed by atoms with Crippen LogP contribution in [0.4, 0.5) is 4.79 Å². The van der Waals surface area contributed by atoms with Crippen molar-refractivity contribution in [1.29, 1.82) is 0 Å². The second-order valence-electron chi connectivity index (χ2n) is 7.23. The standard InChI is InChI=1S/C23H19BrN2O5S/c1-2-26-22(27)21(32-23(26)28)9-14-12-25(18-5-3-15(24)10-17(14)18)7-8-29-16-4-6-19-20(11-16)31-13-30-19/h3-6,9-12H,2,7-8,13H2,1H3/b21-9-. The number of halogens is 1. The summed E-state index contributed by atoms with van der Waals surface area (Å²) >= 11 is 4.51. The summed E-state index contributed by atoms with van der Waals surface area (Å²) in [5, 5.41) is 0.761. The molecule has 1 fully saturated rings. The van der Waals surface area contributed by atoms with Crippen LogP contribution in [-0.4, -0.2) is 40.6 Å². The van der Waals surface area contributed by atoms with Crippen molar-refractivity contribution in [3.05, 3.63) is 57.5 Å². The normalized spacial score (nSPS) is 16.6. The molecular weight excluding hydrogens is 496 g/mol. The summed E-state index contributed by atoms with van der Waals surface area (Å²) in [5.74, 6) is 1.87. The van der Waals surface area contributed by atoms with Crippen molar-refractivity contribution in [2.24, 2.45) is 0 Å². The number of hydrogen-bond donors (Lipinski definition) is 0. The van der Waals surface area contributed by atoms with Crippen molar-refractivity contribution >= 4 is 55.8 Å². The van der Waals surface area contributed by atoms with Gasteiger partial charge in [-0.3, -0.25) is 14.5 Å². The summed E-state index contributed by atoms with van der Waals surface area (Å²) in [6.07, 6.45) is 3.78. The fourth-order valence-corrected chi connectivity index (χ4v) is 4.99. The van der Waals surface area contributed by atoms with Gasteiger partial charge in [0.15, 0.2) is 11.5 Å². The van der Waals surface area contributed by atoms with Crippen LogP contribution >= 0.6 is 27.7 Å². The minimum absolute atomic E-state index is 0.227. The number of imide groups is 1. The molecule has 0 saturated carbocycles. The average molecular weight is 515 g/mol. The number of likely N-dealkylation sites (N-methyl/N-ethyl adjacent to an activating group) is 1. The van der Waals surface area contributed by atoms with Gasteiger partial charge in [0.2, 0.25) is 6.79 Å². The van der Waals surface area contributed by atoms with Gasteiger partial charge in [-0.05, 0) is 55.1 Å². The Morgan fingerprint density at radius 1 is 1.16 bits per heavy atom. The van der Waals surface area contributed by atoms with Crippen LogP contribution in [0.15, 0.2) is 52.0 Å². The summed E-state index contributed by atoms with van der Waals surface area (Å²) in [4.78, 5) is 26.3. The van der Waals surface area contributed by atoms with Crippen LogP contribution in [0.1, 0.15) is 12.5 Å². The molecule has 0 N–H and O–H groups in total. The topological polar surface area (TPSA) is 70.0 Å². The highest BCUT2D eigenvalue weighted by molar-refractivity contribution is 9.10. The van der Waals surface area contributed by atoms with E-state index < -0.39 is 0 Å². The van der Waals surface area contributed by atoms with Gasteiger partial charge >= 0.3 is 0 Å². The first-order valence-corrected chi connectivity index (χ1v) is 11.7. The zero-order chi connectivity index (χ0) is 22.2. The minimum Gasteiger partial charge on any atom is -0.492 e. The highest BCUT2D eigenvalue weighted by atomic mass is 79.9. The van der Waals surface area contributed by atoms with Gasteiger partial charge in [-0.2, -0.15) is 0 Å². The molecule has 2 amide bonds. The number of ether oxygens (including phenoxy) is 3. The van der Waals surface area contributed by atoms with Gasteiger partial charge in [-0.25, -0.2) is 0 Å². The molecule has 0 bridgehead atoms. The number of aromatic nitrogens is 1. The molecule has 3 heterocycles. The van der Waals surface area contributed by atoms with Gasteiger partial charge in [-0.1, -0.05) is 15.9 Å². The van der Waals surface area contributed by atoms with Gasteiger partial charge in [0.1, 0.15) is 12.4 Å². The number of thioether (sulfide) groups is 1. The number of carbonyl (C=O) groups is 2. The van der Waals surface area contributed by atoms with Crippen molar-refractivity contribution in [3.8, 4) is 17.2 Å². The Balaban J connectivity index is 1.39. The van der Waals surface area contributed by atoms with Crippen LogP contribution in [0.25, 0.3) is 17.0 Å². The molecule has 32 heavy (non-hydrogen) atoms. The summed E-state index contributed by atoms with van der Waals surface area (Å²) in [5.41, 5.74) is 1.90. The van der Waals surface area contributed by atoms with Gasteiger partial charge in [-0.15, -0.1) is 0 Å². The summed E-state index contributed by atoms with van der Waals surface area (Å²) < 4.78 is 19.7. The van der Waals surface area contributed by atoms with Crippen LogP contribution in [0.2, 0.25) is 0 Å². The number of nitrogens with zero attached hydrogens (tertiary/aromatic N) is 2. The van der Waals surface area contributed by atoms with E-state index in [2.05, 4.69) is 20.5 Å². The van der Waals surface area contributed by atoms with E-state index in [1.165, 1.54) is 4.90 Å². The summed E-state index contributed by atoms with van der Waals surface area (Å²) in [6.45, 7) is 3.45. The van der Waals surface area contributed by atoms with Crippen LogP contribution in [0, 0.1) is 0 Å². The molecule has 0 radical (unpaired) electrons. The lowest BCUT2D eigenvalue weighted by atomic mass is 10.1. The molecule has 1 saturated heterocycles. The quantitative estimate of drug-likeness (QED) is 0.417. The van der Waals surface area contributed by atoms with Gasteiger partial charge in [0.05, 0.1) is 11.4 Å². The van der Waals surface area contributed by atoms with Crippen molar-refractivity contribution in [2.45, 2.75) is 13.5 Å². The molecule has 9 heteroatoms. The maximum absolute atomic E-state index is 12.5. The highest BCUT2D eigenvalue weighted by Crippen LogP contribution is 2.36. The number of benzene rings is 2. The lowest BCUT2D eigenvalue weighted by Crippen LogP contribution is -2.27. The lowest BCUT2D eigenvalue weighted by Gasteiger charge is -2.09. The fraction of sp³-hybridized carbons (Fsp3) is 0.217. The Morgan fingerprint density at radius 3 is 2.81 bits per heavy atom. The van der Waals surface area contributed by atoms with Crippen molar-refractivity contribution in [1.82, 2.24) is 9.47 Å². The number of carbonyl (C=O) groups excluding carboxylic acids is 2. The van der Waals surface area contributed by atoms with E-state index in [1.54, 1.807) is 13.0 Å². The largest absolute Gasteiger partial charge is 0.492 e. The first-order valence-electron chi connectivity index (χ1n) is 10.1. The van der Waals surface area contributed by atoms with E-state index in [0.717, 1.165) is 38.5 Å². The Kier molecular flexibility index (Phi) is 5.60. The molecule has 2 aromatic carbocycles. The van der Waals surface area contributed by atoms with E-state index >= 15 is 0 Å². The van der Waals surface area contributed by atoms with E-state index in [-0.39, 0.29) is 17.9 Å². The van der Waals surface area contributed by atoms with Crippen molar-refractivity contribution in [3.63, 3.8) is 0 Å². The van der Waals surface area contributed by atoms with Crippen LogP contribution < -0.4 is 14.2 Å². The van der Waals surface area contributed by atoms with E-state index in [9.17, 15) is 9.59 Å². The van der Waals surface area contributed by atoms with Gasteiger partial charge in [0, 0.05) is 39.7 Å². The Morgan fingerprint density at radius 2 is 2.00 bits per heavy atom. The molecule has 7 nitrogen and oxygen atoms in total. The number of amides is 2. The number of fused-ring (bicyclic) bond motifs is 2. The molecule has 0 aliphatic carbocycles. The molecule has 164 valence electrons. The van der Waals surface area contributed by atoms with Gasteiger partial charge in [0.25, 0.3) is 11.1 Å². The second kappa shape index (κ2) is 8.55. The molecule has 0 unspecified atom stereocenters. The number of rotatable bonds is 6. The maximum atomic E-state index is 12.5.